The van der Waals surface area contributed by atoms with E-state index in [9.17, 15) is 9.90 Å². The Morgan fingerprint density at radius 2 is 0.693 bits per heavy atom. The predicted octanol–water partition coefficient (Wildman–Crippen LogP) is 22.1. The quantitative estimate of drug-likeness (QED) is 0.0843. The number of amides is 1. The van der Waals surface area contributed by atoms with Gasteiger partial charge in [0.15, 0.2) is 0 Å². The topological polar surface area (TPSA) is 203 Å². The Morgan fingerprint density at radius 3 is 1.02 bits per heavy atom. The molecule has 0 bridgehead atoms. The van der Waals surface area contributed by atoms with Gasteiger partial charge in [0, 0.05) is 233 Å². The second kappa shape index (κ2) is 44.5. The number of rotatable bonds is 17. The number of piperidine rings is 2. The lowest BCUT2D eigenvalue weighted by Gasteiger charge is -2.35. The van der Waals surface area contributed by atoms with Gasteiger partial charge in [-0.3, -0.25) is 34.7 Å². The first-order chi connectivity index (χ1) is 60.8. The molecule has 4 saturated heterocycles. The van der Waals surface area contributed by atoms with Crippen molar-refractivity contribution < 1.29 is 14.6 Å². The zero-order valence-corrected chi connectivity index (χ0v) is 77.2. The molecule has 127 heavy (non-hydrogen) atoms. The molecule has 0 unspecified atom stereocenters. The number of aliphatic hydroxyl groups excluding tert-OH is 1. The van der Waals surface area contributed by atoms with Gasteiger partial charge in [-0.15, -0.1) is 24.8 Å². The monoisotopic (exact) mass is 1840 g/mol. The zero-order valence-electron chi connectivity index (χ0n) is 71.7. The van der Waals surface area contributed by atoms with Gasteiger partial charge in [-0.2, -0.15) is 10.5 Å². The number of pyridine rings is 5. The Bertz CT molecular complexity index is 6190. The van der Waals surface area contributed by atoms with Crippen molar-refractivity contribution in [2.75, 3.05) is 98.7 Å². The number of hydrogen-bond donors (Lipinski definition) is 1. The lowest BCUT2D eigenvalue weighted by atomic mass is 9.89. The molecule has 10 aromatic heterocycles. The first-order valence-corrected chi connectivity index (χ1v) is 44.6. The van der Waals surface area contributed by atoms with Crippen LogP contribution in [0, 0.1) is 22.7 Å². The van der Waals surface area contributed by atoms with Gasteiger partial charge >= 0.3 is 6.09 Å². The van der Waals surface area contributed by atoms with Crippen molar-refractivity contribution in [1.82, 2.24) is 77.2 Å². The van der Waals surface area contributed by atoms with Gasteiger partial charge in [0.1, 0.15) is 5.60 Å². The molecule has 658 valence electrons. The van der Waals surface area contributed by atoms with Crippen LogP contribution >= 0.6 is 82.8 Å². The molecule has 4 fully saturated rings. The van der Waals surface area contributed by atoms with Crippen LogP contribution in [0.1, 0.15) is 105 Å². The molecule has 21 nitrogen and oxygen atoms in total. The van der Waals surface area contributed by atoms with Gasteiger partial charge in [-0.05, 0) is 278 Å². The molecule has 0 saturated carbocycles. The maximum Gasteiger partial charge on any atom is 0.410 e. The lowest BCUT2D eigenvalue weighted by Crippen LogP contribution is -2.49. The van der Waals surface area contributed by atoms with Crippen LogP contribution in [-0.4, -0.2) is 193 Å². The summed E-state index contributed by atoms with van der Waals surface area (Å²) < 4.78 is 16.3. The fraction of sp³-hybridized carbons (Fsp3) is 0.313. The minimum absolute atomic E-state index is 0. The Balaban J connectivity index is 0.000000136. The molecule has 14 heterocycles. The third-order valence-corrected chi connectivity index (χ3v) is 25.1. The number of carbonyl (C=O) groups is 1. The molecule has 0 radical (unpaired) electrons. The number of hydrogen-bond acceptors (Lipinski definition) is 15. The number of aliphatic hydroxyl groups is 1. The van der Waals surface area contributed by atoms with E-state index in [1.807, 2.05) is 184 Å². The van der Waals surface area contributed by atoms with Crippen LogP contribution in [0.4, 0.5) is 4.79 Å². The number of carbonyl (C=O) groups excluding carboxylic acids is 1. The number of nitrogens with zero attached hydrogens (tertiary/aromatic N) is 18. The van der Waals surface area contributed by atoms with Crippen LogP contribution in [-0.2, 0) is 24.4 Å². The molecule has 0 aliphatic carbocycles. The maximum atomic E-state index is 12.3. The van der Waals surface area contributed by atoms with Crippen molar-refractivity contribution in [2.45, 2.75) is 103 Å². The number of fused-ring (bicyclic) bond motifs is 5. The summed E-state index contributed by atoms with van der Waals surface area (Å²) in [6.45, 7) is 21.3. The van der Waals surface area contributed by atoms with Crippen molar-refractivity contribution >= 4 is 143 Å². The van der Waals surface area contributed by atoms with Crippen LogP contribution < -0.4 is 0 Å². The predicted molar refractivity (Wildman–Crippen MR) is 519 cm³/mol. The highest BCUT2D eigenvalue weighted by Crippen LogP contribution is 2.39. The van der Waals surface area contributed by atoms with Crippen molar-refractivity contribution in [3.05, 3.63) is 298 Å². The normalized spacial score (nSPS) is 15.0. The third kappa shape index (κ3) is 23.8. The summed E-state index contributed by atoms with van der Waals surface area (Å²) >= 11 is 30.1. The summed E-state index contributed by atoms with van der Waals surface area (Å²) in [5, 5.41) is 36.6. The van der Waals surface area contributed by atoms with Crippen LogP contribution in [0.15, 0.2) is 245 Å². The van der Waals surface area contributed by atoms with Crippen LogP contribution in [0.25, 0.3) is 83.0 Å². The fourth-order valence-corrected chi connectivity index (χ4v) is 17.8. The van der Waals surface area contributed by atoms with Gasteiger partial charge in [-0.1, -0.05) is 58.0 Å². The number of benzene rings is 5. The molecule has 5 aromatic carbocycles. The molecule has 4 aliphatic heterocycles. The number of unbranched alkanes of at least 4 members (excludes halogenated alkanes) is 1. The minimum atomic E-state index is -0.467. The van der Waals surface area contributed by atoms with Gasteiger partial charge in [0.2, 0.25) is 0 Å². The summed E-state index contributed by atoms with van der Waals surface area (Å²) in [7, 11) is 2.19. The van der Waals surface area contributed by atoms with E-state index in [4.69, 9.17) is 73.3 Å². The van der Waals surface area contributed by atoms with Crippen molar-refractivity contribution in [3.63, 3.8) is 0 Å². The van der Waals surface area contributed by atoms with E-state index in [0.717, 1.165) is 211 Å². The molecule has 0 spiro atoms. The number of halogens is 7. The molecule has 1 N–H and O–H groups in total. The van der Waals surface area contributed by atoms with Gasteiger partial charge < -0.3 is 52.3 Å². The van der Waals surface area contributed by atoms with E-state index in [2.05, 4.69) is 160 Å². The van der Waals surface area contributed by atoms with E-state index in [-0.39, 0.29) is 37.5 Å². The average Bonchev–Trinajstić information content (AvgIpc) is 1.63. The van der Waals surface area contributed by atoms with Crippen LogP contribution in [0.3, 0.4) is 0 Å². The Hall–Kier alpha value is -10.4. The van der Waals surface area contributed by atoms with Crippen molar-refractivity contribution in [2.24, 2.45) is 0 Å². The maximum absolute atomic E-state index is 12.3. The highest BCUT2D eigenvalue weighted by molar-refractivity contribution is 6.32. The molecular formula is C99H105Cl7N18O3. The number of ether oxygens (including phenoxy) is 1. The van der Waals surface area contributed by atoms with E-state index in [1.165, 1.54) is 43.8 Å². The highest BCUT2D eigenvalue weighted by Gasteiger charge is 2.30. The number of aromatic nitrogens is 10. The Kier molecular flexibility index (Phi) is 33.0. The average molecular weight is 1840 g/mol. The minimum Gasteiger partial charge on any atom is -0.444 e. The van der Waals surface area contributed by atoms with Crippen molar-refractivity contribution in [3.8, 4) is 40.6 Å². The van der Waals surface area contributed by atoms with E-state index >= 15 is 0 Å². The molecule has 19 rings (SSSR count). The number of nitriles is 2. The fourth-order valence-electron chi connectivity index (χ4n) is 17.2. The molecule has 0 atom stereocenters. The second-order valence-electron chi connectivity index (χ2n) is 33.2. The summed E-state index contributed by atoms with van der Waals surface area (Å²) in [5.41, 5.74) is 16.7. The van der Waals surface area contributed by atoms with Crippen LogP contribution in [0.2, 0.25) is 25.1 Å². The standard InChI is InChI=1S/C23H27ClN4O2.C22H23ClN4.C21H21ClN4.C19H21ClN4.C14H11ClN2O.2ClH/c1-23(2,3)30-22(29)27-12-10-26(11-13-27)15-17-16-28(19-6-4-18(24)5-7-19)21-14-25-9-8-20(17)21;23-18-3-5-19(6-4-18)27-16-21(20-7-11-25-15-22(20)27)17-8-13-26(14-9-17)12-2-1-10-24;22-17-2-4-18(5-3-17)26-15-20(19-6-10-24-14-21(19)26)16-7-12-25(13-8-16)11-1-9-23;1-22-8-10-23(11-9-22)13-15-14-24(17-4-2-16(20)3-5-17)19-12-21-7-6-18(15)19;15-11-1-3-12(4-2-11)17-8-10(9-18)13-5-6-16-7-14(13)17;;/h4-9,14,16H,10-13,15H2,1-3H3;3-7,11,15-17H,1-2,8-9,12-14H2;2-6,10,14-16H,1,7-8,11-13H2;2-7,12,14H,8-11,13H2,1H3;1-8,18H,9H2;2*1H. The Morgan fingerprint density at radius 1 is 0.394 bits per heavy atom. The summed E-state index contributed by atoms with van der Waals surface area (Å²) in [6.07, 6.45) is 36.2. The molecule has 1 amide bonds. The third-order valence-electron chi connectivity index (χ3n) is 23.8. The summed E-state index contributed by atoms with van der Waals surface area (Å²) in [6, 6.07) is 54.1. The first kappa shape index (κ1) is 94.2. The van der Waals surface area contributed by atoms with Crippen LogP contribution in [0.5, 0.6) is 0 Å². The van der Waals surface area contributed by atoms with Gasteiger partial charge in [0.25, 0.3) is 0 Å². The number of likely N-dealkylation sites (N-methyl/N-ethyl adjacent to an activating group) is 1. The zero-order chi connectivity index (χ0) is 86.9. The van der Waals surface area contributed by atoms with Gasteiger partial charge in [-0.25, -0.2) is 4.79 Å². The SMILES string of the molecule is CC(C)(C)OC(=O)N1CCN(Cc2cn(-c3ccc(Cl)cc3)c3cnccc23)CC1.CN1CCN(Cc2cn(-c3ccc(Cl)cc3)c3cnccc23)CC1.Cl.Cl.N#CCCCN1CCC(c2cn(-c3ccc(Cl)cc3)c3cnccc23)CC1.N#CCCN1CCC(c2cn(-c3ccc(Cl)cc3)c3cnccc23)CC1.OCc1cn(-c2ccc(Cl)cc2)c2cnccc12. The lowest BCUT2D eigenvalue weighted by molar-refractivity contribution is 0.0139. The molecular weight excluding hydrogens is 1740 g/mol. The molecule has 28 heteroatoms. The Labute approximate surface area is 779 Å². The number of likely N-dealkylation sites (tertiary alicyclic amines) is 2. The highest BCUT2D eigenvalue weighted by atomic mass is 35.5. The van der Waals surface area contributed by atoms with Crippen molar-refractivity contribution in [1.29, 1.82) is 10.5 Å². The van der Waals surface area contributed by atoms with Gasteiger partial charge in [0.05, 0.1) is 77.3 Å². The summed E-state index contributed by atoms with van der Waals surface area (Å²) in [4.78, 5) is 47.7. The summed E-state index contributed by atoms with van der Waals surface area (Å²) in [5.74, 6) is 1.11. The largest absolute Gasteiger partial charge is 0.444 e. The van der Waals surface area contributed by atoms with E-state index < -0.39 is 5.60 Å². The molecule has 4 aliphatic rings. The van der Waals surface area contributed by atoms with E-state index in [1.54, 1.807) is 17.3 Å². The second-order valence-corrected chi connectivity index (χ2v) is 35.4. The number of piperazine rings is 2. The molecule has 15 aromatic rings. The van der Waals surface area contributed by atoms with E-state index in [0.29, 0.717) is 42.8 Å². The smallest absolute Gasteiger partial charge is 0.410 e. The first-order valence-electron chi connectivity index (χ1n) is 42.7.